The summed E-state index contributed by atoms with van der Waals surface area (Å²) in [5.74, 6) is 0.482. The van der Waals surface area contributed by atoms with Gasteiger partial charge in [0.05, 0.1) is 11.1 Å². The summed E-state index contributed by atoms with van der Waals surface area (Å²) >= 11 is 0. The minimum absolute atomic E-state index is 0.0752. The second-order valence-corrected chi connectivity index (χ2v) is 6.29. The number of fused-ring (bicyclic) bond motifs is 1. The molecule has 130 valence electrons. The molecule has 25 heavy (non-hydrogen) atoms. The van der Waals surface area contributed by atoms with E-state index >= 15 is 0 Å². The molecule has 3 rings (SSSR count). The summed E-state index contributed by atoms with van der Waals surface area (Å²) < 4.78 is 5.17. The van der Waals surface area contributed by atoms with Crippen molar-refractivity contribution in [3.8, 4) is 11.4 Å². The topological polar surface area (TPSA) is 101 Å². The third-order valence-electron chi connectivity index (χ3n) is 3.81. The Labute approximate surface area is 144 Å². The van der Waals surface area contributed by atoms with Gasteiger partial charge in [-0.25, -0.2) is 0 Å². The monoisotopic (exact) mass is 340 g/mol. The van der Waals surface area contributed by atoms with Gasteiger partial charge in [0.25, 0.3) is 5.56 Å². The molecule has 7 nitrogen and oxygen atoms in total. The fraction of sp³-hybridized carbons (Fsp3) is 0.333. The van der Waals surface area contributed by atoms with Crippen LogP contribution in [0.1, 0.15) is 31.7 Å². The van der Waals surface area contributed by atoms with Gasteiger partial charge in [-0.2, -0.15) is 4.98 Å². The van der Waals surface area contributed by atoms with E-state index in [9.17, 15) is 9.59 Å². The predicted molar refractivity (Wildman–Crippen MR) is 94.2 cm³/mol. The van der Waals surface area contributed by atoms with Crippen LogP contribution in [0.3, 0.4) is 0 Å². The van der Waals surface area contributed by atoms with E-state index in [4.69, 9.17) is 4.52 Å². The molecule has 2 aromatic heterocycles. The first-order valence-corrected chi connectivity index (χ1v) is 8.19. The van der Waals surface area contributed by atoms with E-state index in [0.29, 0.717) is 17.9 Å². The van der Waals surface area contributed by atoms with Gasteiger partial charge in [0.15, 0.2) is 0 Å². The molecule has 0 fully saturated rings. The molecule has 2 N–H and O–H groups in total. The van der Waals surface area contributed by atoms with E-state index in [1.165, 1.54) is 0 Å². The zero-order valence-electron chi connectivity index (χ0n) is 14.4. The summed E-state index contributed by atoms with van der Waals surface area (Å²) in [6.45, 7) is 5.74. The lowest BCUT2D eigenvalue weighted by Gasteiger charge is -2.06. The average molecular weight is 340 g/mol. The molecule has 1 aromatic carbocycles. The molecule has 3 aromatic rings. The third-order valence-corrected chi connectivity index (χ3v) is 3.81. The fourth-order valence-corrected chi connectivity index (χ4v) is 2.63. The maximum atomic E-state index is 12.3. The number of carbonyl (C=O) groups is 1. The van der Waals surface area contributed by atoms with E-state index in [1.807, 2.05) is 39.0 Å². The highest BCUT2D eigenvalue weighted by molar-refractivity contribution is 5.84. The van der Waals surface area contributed by atoms with E-state index in [2.05, 4.69) is 20.4 Å². The zero-order chi connectivity index (χ0) is 18.0. The van der Waals surface area contributed by atoms with Crippen molar-refractivity contribution in [2.45, 2.75) is 39.7 Å². The summed E-state index contributed by atoms with van der Waals surface area (Å²) in [6, 6.07) is 7.62. The van der Waals surface area contributed by atoms with Crippen molar-refractivity contribution in [1.82, 2.24) is 20.4 Å². The van der Waals surface area contributed by atoms with Crippen molar-refractivity contribution in [2.75, 3.05) is 0 Å². The second-order valence-electron chi connectivity index (χ2n) is 6.29. The van der Waals surface area contributed by atoms with Crippen molar-refractivity contribution < 1.29 is 9.32 Å². The Morgan fingerprint density at radius 3 is 2.92 bits per heavy atom. The molecule has 0 bridgehead atoms. The lowest BCUT2D eigenvalue weighted by Crippen LogP contribution is -2.30. The molecule has 0 unspecified atom stereocenters. The Balaban J connectivity index is 1.83. The van der Waals surface area contributed by atoms with Crippen LogP contribution in [0.15, 0.2) is 33.6 Å². The molecule has 1 amide bonds. The van der Waals surface area contributed by atoms with Crippen LogP contribution in [0.25, 0.3) is 22.3 Å². The molecule has 2 heterocycles. The average Bonchev–Trinajstić information content (AvgIpc) is 3.01. The zero-order valence-corrected chi connectivity index (χ0v) is 14.4. The smallest absolute Gasteiger partial charge is 0.259 e. The van der Waals surface area contributed by atoms with Gasteiger partial charge in [-0.05, 0) is 37.8 Å². The van der Waals surface area contributed by atoms with Gasteiger partial charge in [0.2, 0.25) is 17.6 Å². The van der Waals surface area contributed by atoms with Gasteiger partial charge >= 0.3 is 0 Å². The fourth-order valence-electron chi connectivity index (χ4n) is 2.63. The highest BCUT2D eigenvalue weighted by Gasteiger charge is 2.14. The summed E-state index contributed by atoms with van der Waals surface area (Å²) in [6.07, 6.45) is 0.587. The van der Waals surface area contributed by atoms with Crippen LogP contribution in [-0.4, -0.2) is 27.1 Å². The molecule has 7 heteroatoms. The number of pyridine rings is 1. The molecule has 0 aliphatic rings. The van der Waals surface area contributed by atoms with Crippen molar-refractivity contribution in [2.24, 2.45) is 0 Å². The number of aryl methyl sites for hydroxylation is 2. The number of hydrogen-bond acceptors (Lipinski definition) is 5. The Morgan fingerprint density at radius 2 is 2.16 bits per heavy atom. The minimum Gasteiger partial charge on any atom is -0.354 e. The molecular weight excluding hydrogens is 320 g/mol. The maximum Gasteiger partial charge on any atom is 0.259 e. The van der Waals surface area contributed by atoms with Crippen LogP contribution in [0.4, 0.5) is 0 Å². The lowest BCUT2D eigenvalue weighted by atomic mass is 10.1. The van der Waals surface area contributed by atoms with E-state index in [1.54, 1.807) is 6.07 Å². The summed E-state index contributed by atoms with van der Waals surface area (Å²) in [5.41, 5.74) is 1.86. The van der Waals surface area contributed by atoms with Gasteiger partial charge in [-0.1, -0.05) is 23.4 Å². The number of aromatic nitrogens is 3. The van der Waals surface area contributed by atoms with Crippen molar-refractivity contribution in [3.63, 3.8) is 0 Å². The van der Waals surface area contributed by atoms with Gasteiger partial charge in [0.1, 0.15) is 0 Å². The van der Waals surface area contributed by atoms with Crippen molar-refractivity contribution in [3.05, 3.63) is 46.1 Å². The Morgan fingerprint density at radius 1 is 1.36 bits per heavy atom. The van der Waals surface area contributed by atoms with Gasteiger partial charge in [0, 0.05) is 18.9 Å². The Kier molecular flexibility index (Phi) is 4.65. The predicted octanol–water partition coefficient (Wildman–Crippen LogP) is 2.34. The number of nitrogens with one attached hydrogen (secondary N) is 2. The number of aromatic amines is 1. The summed E-state index contributed by atoms with van der Waals surface area (Å²) in [7, 11) is 0. The van der Waals surface area contributed by atoms with Crippen molar-refractivity contribution in [1.29, 1.82) is 0 Å². The Bertz CT molecular complexity index is 972. The number of hydrogen-bond donors (Lipinski definition) is 2. The van der Waals surface area contributed by atoms with Crippen molar-refractivity contribution >= 4 is 16.8 Å². The number of benzene rings is 1. The highest BCUT2D eigenvalue weighted by Crippen LogP contribution is 2.19. The second kappa shape index (κ2) is 6.88. The largest absolute Gasteiger partial charge is 0.354 e. The molecule has 0 saturated carbocycles. The summed E-state index contributed by atoms with van der Waals surface area (Å²) in [5, 5.41) is 7.58. The molecule has 0 aliphatic heterocycles. The number of nitrogens with zero attached hydrogens (tertiary/aromatic N) is 2. The number of rotatable bonds is 5. The number of carbonyl (C=O) groups excluding carboxylic acids is 1. The van der Waals surface area contributed by atoms with Crippen LogP contribution < -0.4 is 10.9 Å². The van der Waals surface area contributed by atoms with Crippen LogP contribution in [0.2, 0.25) is 0 Å². The van der Waals surface area contributed by atoms with Crippen LogP contribution in [-0.2, 0) is 11.2 Å². The minimum atomic E-state index is -0.272. The first-order chi connectivity index (χ1) is 11.9. The van der Waals surface area contributed by atoms with Gasteiger partial charge in [-0.15, -0.1) is 0 Å². The van der Waals surface area contributed by atoms with Gasteiger partial charge < -0.3 is 14.8 Å². The quantitative estimate of drug-likeness (QED) is 0.742. The summed E-state index contributed by atoms with van der Waals surface area (Å²) in [4.78, 5) is 31.1. The molecule has 0 saturated heterocycles. The number of amides is 1. The normalized spacial score (nSPS) is 11.2. The van der Waals surface area contributed by atoms with Gasteiger partial charge in [-0.3, -0.25) is 9.59 Å². The number of H-pyrrole nitrogens is 1. The van der Waals surface area contributed by atoms with Crippen LogP contribution >= 0.6 is 0 Å². The standard InChI is InChI=1S/C18H20N4O3/c1-10(2)19-14(23)7-8-15-20-17(22-25-15)13-9-12-6-4-5-11(3)16(12)21-18(13)24/h4-6,9-10H,7-8H2,1-3H3,(H,19,23)(H,21,24). The number of para-hydroxylation sites is 1. The maximum absolute atomic E-state index is 12.3. The molecule has 0 aliphatic carbocycles. The van der Waals surface area contributed by atoms with E-state index in [-0.39, 0.29) is 29.8 Å². The molecule has 0 radical (unpaired) electrons. The van der Waals surface area contributed by atoms with Crippen LogP contribution in [0.5, 0.6) is 0 Å². The third kappa shape index (κ3) is 3.76. The van der Waals surface area contributed by atoms with E-state index in [0.717, 1.165) is 16.5 Å². The Hall–Kier alpha value is -2.96. The van der Waals surface area contributed by atoms with Crippen LogP contribution in [0, 0.1) is 6.92 Å². The lowest BCUT2D eigenvalue weighted by molar-refractivity contribution is -0.121. The highest BCUT2D eigenvalue weighted by atomic mass is 16.5. The molecular formula is C18H20N4O3. The first-order valence-electron chi connectivity index (χ1n) is 8.19. The molecule has 0 atom stereocenters. The SMILES string of the molecule is Cc1cccc2cc(-c3noc(CCC(=O)NC(C)C)n3)c(=O)[nH]c12. The van der Waals surface area contributed by atoms with E-state index < -0.39 is 0 Å². The molecule has 0 spiro atoms. The first kappa shape index (κ1) is 16.9.